The van der Waals surface area contributed by atoms with Gasteiger partial charge in [-0.25, -0.2) is 4.79 Å². The molecule has 0 bridgehead atoms. The van der Waals surface area contributed by atoms with Gasteiger partial charge in [0.1, 0.15) is 19.2 Å². The number of aliphatic carboxylic acids is 1. The van der Waals surface area contributed by atoms with Crippen LogP contribution in [0.2, 0.25) is 10.0 Å². The largest absolute Gasteiger partial charge is 0.481 e. The lowest BCUT2D eigenvalue weighted by atomic mass is 10.1. The van der Waals surface area contributed by atoms with Crippen molar-refractivity contribution in [2.45, 2.75) is 19.1 Å². The Hall–Kier alpha value is -3.50. The van der Waals surface area contributed by atoms with Crippen LogP contribution in [0.5, 0.6) is 0 Å². The Morgan fingerprint density at radius 3 is 2.31 bits per heavy atom. The first-order chi connectivity index (χ1) is 15.3. The van der Waals surface area contributed by atoms with Crippen LogP contribution in [0.4, 0.5) is 4.79 Å². The number of nitrogens with zero attached hydrogens (tertiary/aromatic N) is 3. The van der Waals surface area contributed by atoms with Gasteiger partial charge in [-0.1, -0.05) is 64.8 Å². The fourth-order valence-electron chi connectivity index (χ4n) is 2.52. The number of carboxylic acids is 1. The second kappa shape index (κ2) is 12.4. The highest BCUT2D eigenvalue weighted by molar-refractivity contribution is 6.40. The van der Waals surface area contributed by atoms with E-state index in [1.165, 1.54) is 12.1 Å². The van der Waals surface area contributed by atoms with E-state index in [-0.39, 0.29) is 28.1 Å². The number of hydrogen-bond donors (Lipinski definition) is 3. The highest BCUT2D eigenvalue weighted by atomic mass is 35.5. The number of carboxylic acid groups (broad SMARTS) is 1. The van der Waals surface area contributed by atoms with Gasteiger partial charge in [0.25, 0.3) is 0 Å². The van der Waals surface area contributed by atoms with Crippen molar-refractivity contribution >= 4 is 46.9 Å². The molecule has 10 nitrogen and oxygen atoms in total. The minimum atomic E-state index is -1.39. The summed E-state index contributed by atoms with van der Waals surface area (Å²) in [5.74, 6) is 2.96. The molecule has 2 aromatic carbocycles. The number of benzene rings is 2. The molecule has 0 saturated heterocycles. The average Bonchev–Trinajstić information content (AvgIpc) is 2.75. The van der Waals surface area contributed by atoms with Crippen LogP contribution in [-0.4, -0.2) is 41.4 Å². The van der Waals surface area contributed by atoms with Crippen molar-refractivity contribution in [3.05, 3.63) is 69.7 Å². The fraction of sp³-hybridized carbons (Fsp3) is 0.200. The maximum absolute atomic E-state index is 12.6. The van der Waals surface area contributed by atoms with Crippen molar-refractivity contribution in [1.29, 1.82) is 0 Å². The second-order valence-electron chi connectivity index (χ2n) is 6.27. The van der Waals surface area contributed by atoms with Gasteiger partial charge in [-0.3, -0.25) is 14.6 Å². The fourth-order valence-corrected chi connectivity index (χ4v) is 3.08. The number of hydrogen-bond acceptors (Lipinski definition) is 6. The molecular formula is C20H19Cl2N5O5. The van der Waals surface area contributed by atoms with Gasteiger partial charge < -0.3 is 21.0 Å². The van der Waals surface area contributed by atoms with Crippen molar-refractivity contribution in [3.8, 4) is 0 Å². The maximum atomic E-state index is 12.6. The Balaban J connectivity index is 2.11. The quantitative estimate of drug-likeness (QED) is 0.164. The van der Waals surface area contributed by atoms with Crippen LogP contribution >= 0.6 is 23.2 Å². The lowest BCUT2D eigenvalue weighted by molar-refractivity contribution is -0.139. The predicted molar refractivity (Wildman–Crippen MR) is 118 cm³/mol. The Morgan fingerprint density at radius 2 is 1.72 bits per heavy atom. The van der Waals surface area contributed by atoms with Crippen LogP contribution in [0.25, 0.3) is 0 Å². The molecule has 0 aliphatic carbocycles. The van der Waals surface area contributed by atoms with Crippen LogP contribution in [-0.2, 0) is 20.9 Å². The summed E-state index contributed by atoms with van der Waals surface area (Å²) in [6.07, 6.45) is -1.62. The number of halogens is 2. The van der Waals surface area contributed by atoms with Gasteiger partial charge in [-0.15, -0.1) is 5.11 Å². The molecule has 0 aliphatic rings. The Labute approximate surface area is 193 Å². The number of nitrogens with two attached hydrogens (primary N) is 1. The number of ketones is 1. The molecule has 0 fully saturated rings. The lowest BCUT2D eigenvalue weighted by Crippen LogP contribution is -2.43. The first kappa shape index (κ1) is 24.8. The van der Waals surface area contributed by atoms with Crippen LogP contribution < -0.4 is 11.2 Å². The topological polar surface area (TPSA) is 156 Å². The maximum Gasteiger partial charge on any atom is 0.408 e. The van der Waals surface area contributed by atoms with Crippen molar-refractivity contribution in [2.75, 3.05) is 6.54 Å². The minimum Gasteiger partial charge on any atom is -0.481 e. The van der Waals surface area contributed by atoms with E-state index in [0.717, 1.165) is 5.56 Å². The van der Waals surface area contributed by atoms with Crippen molar-refractivity contribution in [2.24, 2.45) is 21.2 Å². The number of nitrogens with one attached hydrogen (secondary N) is 1. The van der Waals surface area contributed by atoms with Crippen molar-refractivity contribution < 1.29 is 24.2 Å². The number of carbonyl (C=O) groups is 3. The number of aliphatic imine (C=N–C) groups is 1. The van der Waals surface area contributed by atoms with Crippen LogP contribution in [0, 0.1) is 0 Å². The Kier molecular flexibility index (Phi) is 9.58. The number of carbonyl (C=O) groups excluding carboxylic acids is 2. The third kappa shape index (κ3) is 7.64. The Bertz CT molecular complexity index is 1010. The summed E-state index contributed by atoms with van der Waals surface area (Å²) >= 11 is 12.2. The standard InChI is InChI=1S/C20H19Cl2N5O5/c21-13-7-4-8-14(22)18(13)19(26-27-23)24-10-16(28)15(9-17(29)30)25-20(31)32-11-12-5-2-1-3-6-12/h1-8,15H,9-11H2,(H,25,31)(H,29,30)(H2,23,24,26). The van der Waals surface area contributed by atoms with Gasteiger partial charge in [0, 0.05) is 0 Å². The molecular weight excluding hydrogens is 461 g/mol. The molecule has 1 atom stereocenters. The van der Waals surface area contributed by atoms with Gasteiger partial charge in [-0.2, -0.15) is 0 Å². The van der Waals surface area contributed by atoms with Gasteiger partial charge >= 0.3 is 12.1 Å². The number of Topliss-reactive ketones (excluding diaryl/α,β-unsaturated/α-hetero) is 1. The van der Waals surface area contributed by atoms with E-state index in [1.54, 1.807) is 36.4 Å². The predicted octanol–water partition coefficient (Wildman–Crippen LogP) is 3.40. The molecule has 2 rings (SSSR count). The highest BCUT2D eigenvalue weighted by Gasteiger charge is 2.24. The van der Waals surface area contributed by atoms with E-state index in [2.05, 4.69) is 20.6 Å². The third-order valence-corrected chi connectivity index (χ3v) is 4.63. The molecule has 0 aliphatic heterocycles. The van der Waals surface area contributed by atoms with Crippen LogP contribution in [0.3, 0.4) is 0 Å². The second-order valence-corrected chi connectivity index (χ2v) is 7.09. The molecule has 1 unspecified atom stereocenters. The average molecular weight is 480 g/mol. The molecule has 2 aromatic rings. The van der Waals surface area contributed by atoms with Crippen LogP contribution in [0.1, 0.15) is 17.5 Å². The summed E-state index contributed by atoms with van der Waals surface area (Å²) in [7, 11) is 0. The summed E-state index contributed by atoms with van der Waals surface area (Å²) in [6, 6.07) is 12.1. The molecule has 0 radical (unpaired) electrons. The molecule has 0 aromatic heterocycles. The molecule has 1 amide bonds. The molecule has 0 saturated carbocycles. The van der Waals surface area contributed by atoms with Gasteiger partial charge in [0.15, 0.2) is 11.6 Å². The molecule has 0 spiro atoms. The van der Waals surface area contributed by atoms with E-state index in [9.17, 15) is 14.4 Å². The lowest BCUT2D eigenvalue weighted by Gasteiger charge is -2.15. The number of amides is 1. The van der Waals surface area contributed by atoms with Gasteiger partial charge in [-0.05, 0) is 17.7 Å². The smallest absolute Gasteiger partial charge is 0.408 e. The molecule has 168 valence electrons. The van der Waals surface area contributed by atoms with Crippen LogP contribution in [0.15, 0.2) is 63.9 Å². The summed E-state index contributed by atoms with van der Waals surface area (Å²) in [5.41, 5.74) is 0.921. The first-order valence-corrected chi connectivity index (χ1v) is 9.89. The molecule has 4 N–H and O–H groups in total. The Morgan fingerprint density at radius 1 is 1.06 bits per heavy atom. The zero-order valence-corrected chi connectivity index (χ0v) is 18.1. The zero-order chi connectivity index (χ0) is 23.5. The summed E-state index contributed by atoms with van der Waals surface area (Å²) in [5, 5.41) is 18.5. The highest BCUT2D eigenvalue weighted by Crippen LogP contribution is 2.25. The number of rotatable bonds is 9. The normalized spacial score (nSPS) is 12.4. The number of amidine groups is 1. The number of alkyl carbamates (subject to hydrolysis) is 1. The first-order valence-electron chi connectivity index (χ1n) is 9.13. The van der Waals surface area contributed by atoms with Gasteiger partial charge in [0.2, 0.25) is 0 Å². The summed E-state index contributed by atoms with van der Waals surface area (Å²) < 4.78 is 5.04. The van der Waals surface area contributed by atoms with Crippen molar-refractivity contribution in [3.63, 3.8) is 0 Å². The molecule has 32 heavy (non-hydrogen) atoms. The van der Waals surface area contributed by atoms with Gasteiger partial charge in [0.05, 0.1) is 22.0 Å². The summed E-state index contributed by atoms with van der Waals surface area (Å²) in [6.45, 7) is -0.600. The van der Waals surface area contributed by atoms with E-state index in [4.69, 9.17) is 38.9 Å². The van der Waals surface area contributed by atoms with E-state index >= 15 is 0 Å². The number of ether oxygens (including phenoxy) is 1. The minimum absolute atomic E-state index is 0.0507. The zero-order valence-electron chi connectivity index (χ0n) is 16.6. The SMILES string of the molecule is NN=NC(=NCC(=O)C(CC(=O)O)NC(=O)OCc1ccccc1)c1c(Cl)cccc1Cl. The van der Waals surface area contributed by atoms with E-state index in [1.807, 2.05) is 0 Å². The molecule has 0 heterocycles. The monoisotopic (exact) mass is 479 g/mol. The summed E-state index contributed by atoms with van der Waals surface area (Å²) in [4.78, 5) is 39.8. The molecule has 12 heteroatoms. The third-order valence-electron chi connectivity index (χ3n) is 4.00. The van der Waals surface area contributed by atoms with E-state index in [0.29, 0.717) is 0 Å². The van der Waals surface area contributed by atoms with Crippen molar-refractivity contribution in [1.82, 2.24) is 5.32 Å². The van der Waals surface area contributed by atoms with E-state index < -0.39 is 36.9 Å².